The molecule has 22 heavy (non-hydrogen) atoms. The first-order chi connectivity index (χ1) is 9.87. The van der Waals surface area contributed by atoms with Gasteiger partial charge in [-0.15, -0.1) is 12.4 Å². The van der Waals surface area contributed by atoms with Crippen LogP contribution in [0.1, 0.15) is 18.4 Å². The van der Waals surface area contributed by atoms with Crippen molar-refractivity contribution in [2.75, 3.05) is 19.6 Å². The lowest BCUT2D eigenvalue weighted by Crippen LogP contribution is -2.42. The van der Waals surface area contributed by atoms with Crippen LogP contribution in [-0.4, -0.2) is 37.3 Å². The molecule has 0 aromatic heterocycles. The van der Waals surface area contributed by atoms with Gasteiger partial charge in [0.15, 0.2) is 0 Å². The molecule has 0 saturated carbocycles. The zero-order valence-corrected chi connectivity index (χ0v) is 13.9. The van der Waals surface area contributed by atoms with Gasteiger partial charge in [0, 0.05) is 24.7 Å². The monoisotopic (exact) mass is 349 g/mol. The predicted molar refractivity (Wildman–Crippen MR) is 85.6 cm³/mol. The Balaban J connectivity index is 0.00000242. The van der Waals surface area contributed by atoms with E-state index in [-0.39, 0.29) is 34.5 Å². The van der Waals surface area contributed by atoms with E-state index in [9.17, 15) is 18.5 Å². The fraction of sp³-hybridized carbons (Fsp3) is 0.538. The second kappa shape index (κ2) is 7.36. The van der Waals surface area contributed by atoms with Crippen molar-refractivity contribution >= 4 is 28.1 Å². The van der Waals surface area contributed by atoms with Crippen molar-refractivity contribution in [3.8, 4) is 0 Å². The van der Waals surface area contributed by atoms with Gasteiger partial charge in [0.2, 0.25) is 10.0 Å². The summed E-state index contributed by atoms with van der Waals surface area (Å²) in [5.74, 6) is 0.146. The molecule has 1 aliphatic heterocycles. The van der Waals surface area contributed by atoms with Crippen molar-refractivity contribution < 1.29 is 13.3 Å². The number of nitro benzene ring substituents is 1. The van der Waals surface area contributed by atoms with Crippen LogP contribution < -0.4 is 5.73 Å². The number of nitrogens with two attached hydrogens (primary N) is 1. The summed E-state index contributed by atoms with van der Waals surface area (Å²) in [7, 11) is -3.72. The Labute approximate surface area is 136 Å². The number of sulfonamides is 1. The van der Waals surface area contributed by atoms with Crippen LogP contribution >= 0.6 is 12.4 Å². The zero-order valence-electron chi connectivity index (χ0n) is 12.3. The molecule has 1 saturated heterocycles. The maximum absolute atomic E-state index is 12.7. The first-order valence-electron chi connectivity index (χ1n) is 6.82. The van der Waals surface area contributed by atoms with Crippen LogP contribution in [0, 0.1) is 23.0 Å². The average molecular weight is 350 g/mol. The van der Waals surface area contributed by atoms with Crippen LogP contribution in [-0.2, 0) is 10.0 Å². The summed E-state index contributed by atoms with van der Waals surface area (Å²) in [5, 5.41) is 11.0. The molecule has 9 heteroatoms. The first kappa shape index (κ1) is 18.8. The predicted octanol–water partition coefficient (Wildman–Crippen LogP) is 1.68. The minimum atomic E-state index is -3.72. The van der Waals surface area contributed by atoms with Gasteiger partial charge in [0.1, 0.15) is 0 Å². The lowest BCUT2D eigenvalue weighted by atomic mass is 10.0. The van der Waals surface area contributed by atoms with Gasteiger partial charge in [-0.05, 0) is 38.3 Å². The Morgan fingerprint density at radius 3 is 2.73 bits per heavy atom. The van der Waals surface area contributed by atoms with E-state index >= 15 is 0 Å². The van der Waals surface area contributed by atoms with Gasteiger partial charge in [-0.2, -0.15) is 4.31 Å². The van der Waals surface area contributed by atoms with E-state index in [1.807, 2.05) is 0 Å². The third-order valence-corrected chi connectivity index (χ3v) is 5.89. The molecule has 0 radical (unpaired) electrons. The molecule has 1 atom stereocenters. The standard InChI is InChI=1S/C13H19N3O4S.ClH/c1-10-12(16(17)18)5-2-6-13(10)21(19,20)15-7-3-4-11(8-14)9-15;/h2,5-6,11H,3-4,7-9,14H2,1H3;1H. The Hall–Kier alpha value is -1.22. The number of benzene rings is 1. The highest BCUT2D eigenvalue weighted by Gasteiger charge is 2.32. The minimum Gasteiger partial charge on any atom is -0.330 e. The highest BCUT2D eigenvalue weighted by molar-refractivity contribution is 7.89. The van der Waals surface area contributed by atoms with Gasteiger partial charge in [-0.25, -0.2) is 8.42 Å². The molecule has 2 rings (SSSR count). The van der Waals surface area contributed by atoms with Gasteiger partial charge in [0.25, 0.3) is 5.69 Å². The Morgan fingerprint density at radius 2 is 2.14 bits per heavy atom. The second-order valence-corrected chi connectivity index (χ2v) is 7.17. The molecule has 1 aromatic rings. The van der Waals surface area contributed by atoms with E-state index < -0.39 is 14.9 Å². The summed E-state index contributed by atoms with van der Waals surface area (Å²) in [6, 6.07) is 4.14. The SMILES string of the molecule is Cc1c([N+](=O)[O-])cccc1S(=O)(=O)N1CCCC(CN)C1.Cl. The van der Waals surface area contributed by atoms with Crippen molar-refractivity contribution in [2.45, 2.75) is 24.7 Å². The lowest BCUT2D eigenvalue weighted by Gasteiger charge is -2.31. The van der Waals surface area contributed by atoms with Crippen LogP contribution in [0.4, 0.5) is 5.69 Å². The van der Waals surface area contributed by atoms with E-state index in [1.165, 1.54) is 29.4 Å². The van der Waals surface area contributed by atoms with E-state index in [4.69, 9.17) is 5.73 Å². The van der Waals surface area contributed by atoms with Gasteiger partial charge in [-0.1, -0.05) is 6.07 Å². The molecule has 1 unspecified atom stereocenters. The molecule has 1 aliphatic rings. The molecule has 1 heterocycles. The van der Waals surface area contributed by atoms with E-state index in [1.54, 1.807) is 0 Å². The molecule has 0 amide bonds. The average Bonchev–Trinajstić information content (AvgIpc) is 2.47. The van der Waals surface area contributed by atoms with Crippen molar-refractivity contribution in [3.63, 3.8) is 0 Å². The van der Waals surface area contributed by atoms with Crippen LogP contribution in [0.5, 0.6) is 0 Å². The second-order valence-electron chi connectivity index (χ2n) is 5.26. The number of nitrogens with zero attached hydrogens (tertiary/aromatic N) is 2. The van der Waals surface area contributed by atoms with Crippen molar-refractivity contribution in [1.82, 2.24) is 4.31 Å². The van der Waals surface area contributed by atoms with Gasteiger partial charge < -0.3 is 5.73 Å². The van der Waals surface area contributed by atoms with E-state index in [0.717, 1.165) is 12.8 Å². The largest absolute Gasteiger partial charge is 0.330 e. The molecule has 1 fully saturated rings. The Bertz CT molecular complexity index is 651. The fourth-order valence-corrected chi connectivity index (χ4v) is 4.45. The van der Waals surface area contributed by atoms with Crippen molar-refractivity contribution in [1.29, 1.82) is 0 Å². The number of halogens is 1. The summed E-state index contributed by atoms with van der Waals surface area (Å²) < 4.78 is 26.8. The van der Waals surface area contributed by atoms with Gasteiger partial charge >= 0.3 is 0 Å². The first-order valence-corrected chi connectivity index (χ1v) is 8.26. The molecule has 0 aliphatic carbocycles. The van der Waals surface area contributed by atoms with Crippen molar-refractivity contribution in [2.24, 2.45) is 11.7 Å². The summed E-state index contributed by atoms with van der Waals surface area (Å²) in [6.45, 7) is 2.72. The van der Waals surface area contributed by atoms with Crippen LogP contribution in [0.25, 0.3) is 0 Å². The zero-order chi connectivity index (χ0) is 15.6. The smallest absolute Gasteiger partial charge is 0.273 e. The van der Waals surface area contributed by atoms with Gasteiger partial charge in [-0.3, -0.25) is 10.1 Å². The topological polar surface area (TPSA) is 107 Å². The number of rotatable bonds is 4. The maximum atomic E-state index is 12.7. The highest BCUT2D eigenvalue weighted by atomic mass is 35.5. The van der Waals surface area contributed by atoms with Crippen LogP contribution in [0.3, 0.4) is 0 Å². The molecular weight excluding hydrogens is 330 g/mol. The van der Waals surface area contributed by atoms with E-state index in [2.05, 4.69) is 0 Å². The summed E-state index contributed by atoms with van der Waals surface area (Å²) in [4.78, 5) is 10.4. The summed E-state index contributed by atoms with van der Waals surface area (Å²) >= 11 is 0. The number of hydrogen-bond acceptors (Lipinski definition) is 5. The van der Waals surface area contributed by atoms with Gasteiger partial charge in [0.05, 0.1) is 9.82 Å². The van der Waals surface area contributed by atoms with Crippen LogP contribution in [0.2, 0.25) is 0 Å². The van der Waals surface area contributed by atoms with Crippen molar-refractivity contribution in [3.05, 3.63) is 33.9 Å². The normalized spacial score (nSPS) is 19.5. The number of piperidine rings is 1. The van der Waals surface area contributed by atoms with Crippen LogP contribution in [0.15, 0.2) is 23.1 Å². The molecule has 0 spiro atoms. The third-order valence-electron chi connectivity index (χ3n) is 3.89. The molecule has 7 nitrogen and oxygen atoms in total. The molecule has 0 bridgehead atoms. The fourth-order valence-electron chi connectivity index (χ4n) is 2.66. The highest BCUT2D eigenvalue weighted by Crippen LogP contribution is 2.29. The molecule has 2 N–H and O–H groups in total. The Kier molecular flexibility index (Phi) is 6.30. The quantitative estimate of drug-likeness (QED) is 0.657. The minimum absolute atomic E-state index is 0. The molecular formula is C13H20ClN3O4S. The third kappa shape index (κ3) is 3.57. The Morgan fingerprint density at radius 1 is 1.45 bits per heavy atom. The lowest BCUT2D eigenvalue weighted by molar-refractivity contribution is -0.385. The summed E-state index contributed by atoms with van der Waals surface area (Å²) in [6.07, 6.45) is 1.67. The number of nitro groups is 1. The molecule has 1 aromatic carbocycles. The summed E-state index contributed by atoms with van der Waals surface area (Å²) in [5.41, 5.74) is 5.63. The number of hydrogen-bond donors (Lipinski definition) is 1. The molecule has 124 valence electrons. The maximum Gasteiger partial charge on any atom is 0.273 e. The van der Waals surface area contributed by atoms with E-state index in [0.29, 0.717) is 19.6 Å².